The molecular formula is C32H32F9NO5S. The predicted octanol–water partition coefficient (Wildman–Crippen LogP) is 7.44. The predicted molar refractivity (Wildman–Crippen MR) is 153 cm³/mol. The largest absolute Gasteiger partial charge is 0.481 e. The van der Waals surface area contributed by atoms with Crippen LogP contribution in [-0.4, -0.2) is 60.9 Å². The number of aliphatic carboxylic acids is 1. The van der Waals surface area contributed by atoms with Crippen molar-refractivity contribution in [1.29, 1.82) is 0 Å². The van der Waals surface area contributed by atoms with E-state index in [1.165, 1.54) is 0 Å². The highest BCUT2D eigenvalue weighted by Gasteiger charge is 2.74. The van der Waals surface area contributed by atoms with Crippen molar-refractivity contribution >= 4 is 21.7 Å². The third-order valence-electron chi connectivity index (χ3n) is 10.2. The number of rotatable bonds is 6. The van der Waals surface area contributed by atoms with E-state index >= 15 is 8.78 Å². The molecule has 1 N–H and O–H groups in total. The molecule has 0 radical (unpaired) electrons. The van der Waals surface area contributed by atoms with Gasteiger partial charge >= 0.3 is 24.0 Å². The number of fused-ring (bicyclic) bond motifs is 3. The molecule has 1 saturated heterocycles. The molecule has 1 heterocycles. The lowest BCUT2D eigenvalue weighted by Gasteiger charge is -2.44. The molecule has 264 valence electrons. The van der Waals surface area contributed by atoms with Gasteiger partial charge in [-0.25, -0.2) is 21.6 Å². The average molecular weight is 714 g/mol. The van der Waals surface area contributed by atoms with E-state index in [0.717, 1.165) is 23.1 Å². The second-order valence-electron chi connectivity index (χ2n) is 13.1. The lowest BCUT2D eigenvalue weighted by Crippen LogP contribution is -2.56. The number of amides is 1. The van der Waals surface area contributed by atoms with E-state index in [-0.39, 0.29) is 55.0 Å². The first kappa shape index (κ1) is 36.0. The van der Waals surface area contributed by atoms with E-state index in [1.54, 1.807) is 13.8 Å². The van der Waals surface area contributed by atoms with Crippen molar-refractivity contribution in [2.24, 2.45) is 5.92 Å². The van der Waals surface area contributed by atoms with E-state index < -0.39 is 104 Å². The topological polar surface area (TPSA) is 91.8 Å². The molecule has 48 heavy (non-hydrogen) atoms. The number of alkyl halides is 8. The minimum Gasteiger partial charge on any atom is -0.481 e. The summed E-state index contributed by atoms with van der Waals surface area (Å²) in [6, 6.07) is 2.80. The third kappa shape index (κ3) is 5.27. The maximum Gasteiger partial charge on any atom is 0.435 e. The molecule has 16 heteroatoms. The van der Waals surface area contributed by atoms with Gasteiger partial charge < -0.3 is 10.0 Å². The van der Waals surface area contributed by atoms with Gasteiger partial charge in [-0.05, 0) is 85.8 Å². The number of carbonyl (C=O) groups excluding carboxylic acids is 1. The lowest BCUT2D eigenvalue weighted by molar-refractivity contribution is -0.348. The first-order valence-corrected chi connectivity index (χ1v) is 16.7. The Morgan fingerprint density at radius 2 is 1.52 bits per heavy atom. The maximum atomic E-state index is 16.2. The van der Waals surface area contributed by atoms with Crippen LogP contribution in [0.2, 0.25) is 0 Å². The molecule has 2 fully saturated rings. The molecule has 1 saturated carbocycles. The number of carbonyl (C=O) groups is 2. The van der Waals surface area contributed by atoms with Crippen LogP contribution < -0.4 is 0 Å². The van der Waals surface area contributed by atoms with E-state index in [0.29, 0.717) is 12.1 Å². The van der Waals surface area contributed by atoms with Gasteiger partial charge in [0.05, 0.1) is 16.9 Å². The number of halogens is 9. The fourth-order valence-corrected chi connectivity index (χ4v) is 10.0. The van der Waals surface area contributed by atoms with Crippen LogP contribution in [0.5, 0.6) is 0 Å². The van der Waals surface area contributed by atoms with Crippen molar-refractivity contribution in [1.82, 2.24) is 4.90 Å². The normalized spacial score (nSPS) is 26.7. The Balaban J connectivity index is 1.68. The maximum absolute atomic E-state index is 16.2. The number of hydrogen-bond donors (Lipinski definition) is 1. The molecule has 5 rings (SSSR count). The summed E-state index contributed by atoms with van der Waals surface area (Å²) >= 11 is 0. The summed E-state index contributed by atoms with van der Waals surface area (Å²) in [6.07, 6.45) is -15.3. The third-order valence-corrected chi connectivity index (χ3v) is 12.7. The monoisotopic (exact) mass is 713 g/mol. The number of carboxylic acids is 1. The fourth-order valence-electron chi connectivity index (χ4n) is 7.61. The summed E-state index contributed by atoms with van der Waals surface area (Å²) < 4.78 is 155. The quantitative estimate of drug-likeness (QED) is 0.248. The standard InChI is InChI=1S/C32H32F9NO5S/c1-17(2)22-16-21(5-7-24(22)33)48(46,47)29-13-14-42(27(45)28(34)11-9-18(10-12-28)26(43)44)25(29)8-3-19-15-20(4-6-23(19)29)30(35,31(36,37)38)32(39,40)41/h4-7,15-18,25H,3,8-14H2,1-2H3,(H,43,44)/t18-,25?,28+,29?. The van der Waals surface area contributed by atoms with Gasteiger partial charge in [0.1, 0.15) is 10.6 Å². The number of hydrogen-bond acceptors (Lipinski definition) is 4. The Morgan fingerprint density at radius 3 is 2.06 bits per heavy atom. The van der Waals surface area contributed by atoms with Crippen molar-refractivity contribution in [3.63, 3.8) is 0 Å². The molecule has 3 aliphatic rings. The molecule has 2 aliphatic carbocycles. The molecule has 1 amide bonds. The van der Waals surface area contributed by atoms with E-state index in [1.807, 2.05) is 0 Å². The summed E-state index contributed by atoms with van der Waals surface area (Å²) in [5.41, 5.74) is -10.8. The van der Waals surface area contributed by atoms with Gasteiger partial charge in [0, 0.05) is 12.1 Å². The van der Waals surface area contributed by atoms with Gasteiger partial charge in [-0.15, -0.1) is 0 Å². The van der Waals surface area contributed by atoms with Crippen molar-refractivity contribution in [2.75, 3.05) is 6.54 Å². The van der Waals surface area contributed by atoms with Gasteiger partial charge in [-0.1, -0.05) is 32.0 Å². The molecule has 1 aliphatic heterocycles. The van der Waals surface area contributed by atoms with Crippen LogP contribution in [0.4, 0.5) is 39.5 Å². The van der Waals surface area contributed by atoms with Gasteiger partial charge in [-0.3, -0.25) is 9.59 Å². The molecule has 6 nitrogen and oxygen atoms in total. The Morgan fingerprint density at radius 1 is 0.917 bits per heavy atom. The second-order valence-corrected chi connectivity index (χ2v) is 15.3. The van der Waals surface area contributed by atoms with Crippen LogP contribution in [0.25, 0.3) is 0 Å². The molecule has 0 spiro atoms. The molecular weight excluding hydrogens is 681 g/mol. The smallest absolute Gasteiger partial charge is 0.435 e. The Labute approximate surface area is 270 Å². The Kier molecular flexibility index (Phi) is 8.74. The summed E-state index contributed by atoms with van der Waals surface area (Å²) in [4.78, 5) is 25.8. The molecule has 2 unspecified atom stereocenters. The Hall–Kier alpha value is -3.30. The van der Waals surface area contributed by atoms with Crippen LogP contribution in [0, 0.1) is 11.7 Å². The summed E-state index contributed by atoms with van der Waals surface area (Å²) in [5, 5.41) is 9.31. The zero-order valence-electron chi connectivity index (χ0n) is 25.7. The zero-order chi connectivity index (χ0) is 35.8. The minimum absolute atomic E-state index is 0.00296. The van der Waals surface area contributed by atoms with E-state index in [4.69, 9.17) is 0 Å². The number of sulfone groups is 1. The molecule has 2 aromatic carbocycles. The lowest BCUT2D eigenvalue weighted by atomic mass is 9.76. The van der Waals surface area contributed by atoms with Crippen molar-refractivity contribution < 1.29 is 62.6 Å². The molecule has 2 aromatic rings. The second kappa shape index (κ2) is 11.7. The Bertz CT molecular complexity index is 1720. The van der Waals surface area contributed by atoms with Crippen molar-refractivity contribution in [2.45, 2.75) is 104 Å². The first-order chi connectivity index (χ1) is 22.0. The van der Waals surface area contributed by atoms with Crippen molar-refractivity contribution in [3.05, 3.63) is 64.5 Å². The molecule has 0 aromatic heterocycles. The molecule has 2 atom stereocenters. The van der Waals surface area contributed by atoms with Gasteiger partial charge in [0.15, 0.2) is 15.5 Å². The van der Waals surface area contributed by atoms with Gasteiger partial charge in [0.2, 0.25) is 0 Å². The number of nitrogens with zero attached hydrogens (tertiary/aromatic N) is 1. The molecule has 0 bridgehead atoms. The van der Waals surface area contributed by atoms with Crippen molar-refractivity contribution in [3.8, 4) is 0 Å². The van der Waals surface area contributed by atoms with Crippen LogP contribution in [0.15, 0.2) is 41.3 Å². The highest BCUT2D eigenvalue weighted by atomic mass is 32.2. The van der Waals surface area contributed by atoms with Crippen LogP contribution >= 0.6 is 0 Å². The highest BCUT2D eigenvalue weighted by molar-refractivity contribution is 7.92. The number of carboxylic acid groups (broad SMARTS) is 1. The van der Waals surface area contributed by atoms with Crippen LogP contribution in [-0.2, 0) is 36.3 Å². The fraction of sp³-hybridized carbons (Fsp3) is 0.562. The SMILES string of the molecule is CC(C)c1cc(S(=O)(=O)C23CCN(C(=O)[C@]4(F)CC[C@@H](C(=O)O)CC4)C2CCc2cc(C(F)(C(F)(F)F)C(F)(F)F)ccc23)ccc1F. The average Bonchev–Trinajstić information content (AvgIpc) is 3.40. The first-order valence-electron chi connectivity index (χ1n) is 15.3. The van der Waals surface area contributed by atoms with Crippen LogP contribution in [0.1, 0.15) is 80.5 Å². The minimum atomic E-state index is -6.42. The van der Waals surface area contributed by atoms with E-state index in [9.17, 15) is 53.8 Å². The zero-order valence-corrected chi connectivity index (χ0v) is 26.5. The number of aryl methyl sites for hydroxylation is 1. The van der Waals surface area contributed by atoms with Gasteiger partial charge in [0.25, 0.3) is 5.91 Å². The summed E-state index contributed by atoms with van der Waals surface area (Å²) in [5.74, 6) is -4.39. The van der Waals surface area contributed by atoms with E-state index in [2.05, 4.69) is 0 Å². The number of benzene rings is 2. The highest BCUT2D eigenvalue weighted by Crippen LogP contribution is 2.57. The van der Waals surface area contributed by atoms with Gasteiger partial charge in [-0.2, -0.15) is 26.3 Å². The van der Waals surface area contributed by atoms with Crippen LogP contribution in [0.3, 0.4) is 0 Å². The number of likely N-dealkylation sites (tertiary alicyclic amines) is 1. The summed E-state index contributed by atoms with van der Waals surface area (Å²) in [6.45, 7) is 2.80. The summed E-state index contributed by atoms with van der Waals surface area (Å²) in [7, 11) is -4.79.